The summed E-state index contributed by atoms with van der Waals surface area (Å²) in [6.07, 6.45) is 1.97. The van der Waals surface area contributed by atoms with Gasteiger partial charge in [0.2, 0.25) is 12.1 Å². The molecule has 1 N–H and O–H groups in total. The molecule has 2 heterocycles. The Bertz CT molecular complexity index is 513. The summed E-state index contributed by atoms with van der Waals surface area (Å²) < 4.78 is 1.56. The average Bonchev–Trinajstić information content (AvgIpc) is 2.70. The molecule has 1 fully saturated rings. The quantitative estimate of drug-likeness (QED) is 0.644. The minimum atomic E-state index is -0.860. The van der Waals surface area contributed by atoms with Gasteiger partial charge in [-0.05, 0) is 22.2 Å². The maximum atomic E-state index is 11.1. The number of carboxylic acid groups (broad SMARTS) is 1. The summed E-state index contributed by atoms with van der Waals surface area (Å²) in [6, 6.07) is 0. The fourth-order valence-electron chi connectivity index (χ4n) is 2.61. The summed E-state index contributed by atoms with van der Waals surface area (Å²) >= 11 is 0. The van der Waals surface area contributed by atoms with E-state index in [4.69, 9.17) is 5.11 Å². The molecule has 1 saturated heterocycles. The maximum Gasteiger partial charge on any atom is 0.406 e. The molecule has 0 spiro atoms. The van der Waals surface area contributed by atoms with Gasteiger partial charge in [-0.15, -0.1) is 0 Å². The summed E-state index contributed by atoms with van der Waals surface area (Å²) in [5.74, 6) is -1.03. The van der Waals surface area contributed by atoms with Gasteiger partial charge in [0.1, 0.15) is 0 Å². The van der Waals surface area contributed by atoms with Crippen molar-refractivity contribution in [1.29, 1.82) is 0 Å². The van der Waals surface area contributed by atoms with E-state index in [1.54, 1.807) is 16.5 Å². The molecule has 1 aliphatic rings. The highest BCUT2D eigenvalue weighted by Gasteiger charge is 2.34. The third-order valence-electron chi connectivity index (χ3n) is 3.37. The van der Waals surface area contributed by atoms with Gasteiger partial charge in [-0.1, -0.05) is 6.92 Å². The summed E-state index contributed by atoms with van der Waals surface area (Å²) in [7, 11) is 1.67. The number of anilines is 1. The van der Waals surface area contributed by atoms with Gasteiger partial charge in [0.15, 0.2) is 0 Å². The molecular formula is C11H16N4O4. The zero-order valence-electron chi connectivity index (χ0n) is 10.8. The van der Waals surface area contributed by atoms with Crippen LogP contribution in [-0.4, -0.2) is 38.6 Å². The summed E-state index contributed by atoms with van der Waals surface area (Å²) in [5, 5.41) is 20.1. The van der Waals surface area contributed by atoms with E-state index in [-0.39, 0.29) is 18.3 Å². The van der Waals surface area contributed by atoms with Crippen LogP contribution in [0.1, 0.15) is 13.3 Å². The first kappa shape index (κ1) is 13.3. The zero-order valence-corrected chi connectivity index (χ0v) is 10.8. The van der Waals surface area contributed by atoms with Gasteiger partial charge in [-0.2, -0.15) is 0 Å². The molecule has 8 nitrogen and oxygen atoms in total. The van der Waals surface area contributed by atoms with Crippen molar-refractivity contribution in [3.8, 4) is 0 Å². The normalized spacial score (nSPS) is 23.4. The minimum absolute atomic E-state index is 0.171. The molecular weight excluding hydrogens is 252 g/mol. The van der Waals surface area contributed by atoms with E-state index in [0.29, 0.717) is 18.8 Å². The number of aromatic nitrogens is 2. The van der Waals surface area contributed by atoms with Crippen LogP contribution in [-0.2, 0) is 11.8 Å². The molecule has 0 saturated carbocycles. The van der Waals surface area contributed by atoms with Crippen LogP contribution >= 0.6 is 0 Å². The first-order valence-electron chi connectivity index (χ1n) is 6.03. The predicted molar refractivity (Wildman–Crippen MR) is 67.0 cm³/mol. The Balaban J connectivity index is 2.33. The monoisotopic (exact) mass is 268 g/mol. The number of nitro groups is 1. The highest BCUT2D eigenvalue weighted by Crippen LogP contribution is 2.31. The first-order valence-corrected chi connectivity index (χ1v) is 6.03. The molecule has 2 atom stereocenters. The number of aryl methyl sites for hydroxylation is 1. The number of aliphatic carboxylic acids is 1. The van der Waals surface area contributed by atoms with Crippen molar-refractivity contribution in [2.24, 2.45) is 18.9 Å². The van der Waals surface area contributed by atoms with Crippen LogP contribution in [0.15, 0.2) is 6.33 Å². The highest BCUT2D eigenvalue weighted by atomic mass is 16.6. The molecule has 19 heavy (non-hydrogen) atoms. The number of piperidine rings is 1. The van der Waals surface area contributed by atoms with Crippen molar-refractivity contribution >= 4 is 17.6 Å². The Labute approximate surface area is 109 Å². The molecule has 2 unspecified atom stereocenters. The molecule has 1 aromatic heterocycles. The standard InChI is InChI=1S/C11H16N4O4/c1-7-3-8(11(16)17)5-14(4-7)10-9(15(18)19)12-6-13(10)2/h6-8H,3-5H2,1-2H3,(H,16,17). The van der Waals surface area contributed by atoms with E-state index in [1.165, 1.54) is 6.33 Å². The van der Waals surface area contributed by atoms with Crippen LogP contribution in [0.2, 0.25) is 0 Å². The highest BCUT2D eigenvalue weighted by molar-refractivity contribution is 5.71. The maximum absolute atomic E-state index is 11.1. The van der Waals surface area contributed by atoms with E-state index in [9.17, 15) is 14.9 Å². The fourth-order valence-corrected chi connectivity index (χ4v) is 2.61. The number of carbonyl (C=O) groups is 1. The van der Waals surface area contributed by atoms with Gasteiger partial charge in [-0.3, -0.25) is 9.36 Å². The van der Waals surface area contributed by atoms with E-state index in [1.807, 2.05) is 6.92 Å². The fraction of sp³-hybridized carbons (Fsp3) is 0.636. The van der Waals surface area contributed by atoms with Crippen molar-refractivity contribution in [3.63, 3.8) is 0 Å². The molecule has 104 valence electrons. The predicted octanol–water partition coefficient (Wildman–Crippen LogP) is 0.875. The molecule has 0 radical (unpaired) electrons. The van der Waals surface area contributed by atoms with Crippen LogP contribution in [0.4, 0.5) is 11.6 Å². The Kier molecular flexibility index (Phi) is 3.41. The van der Waals surface area contributed by atoms with Crippen LogP contribution in [0, 0.1) is 22.0 Å². The molecule has 0 aromatic carbocycles. The zero-order chi connectivity index (χ0) is 14.2. The van der Waals surface area contributed by atoms with Crippen LogP contribution in [0.5, 0.6) is 0 Å². The third kappa shape index (κ3) is 2.51. The molecule has 8 heteroatoms. The average molecular weight is 268 g/mol. The molecule has 0 bridgehead atoms. The number of nitrogens with zero attached hydrogens (tertiary/aromatic N) is 4. The molecule has 2 rings (SSSR count). The van der Waals surface area contributed by atoms with Gasteiger partial charge < -0.3 is 20.1 Å². The second-order valence-electron chi connectivity index (χ2n) is 5.04. The van der Waals surface area contributed by atoms with E-state index in [2.05, 4.69) is 4.98 Å². The lowest BCUT2D eigenvalue weighted by Gasteiger charge is -2.35. The van der Waals surface area contributed by atoms with Gasteiger partial charge >= 0.3 is 11.8 Å². The SMILES string of the molecule is CC1CC(C(=O)O)CN(c2c([N+](=O)[O-])ncn2C)C1. The van der Waals surface area contributed by atoms with Crippen LogP contribution < -0.4 is 4.90 Å². The topological polar surface area (TPSA) is 102 Å². The van der Waals surface area contributed by atoms with Crippen molar-refractivity contribution in [2.75, 3.05) is 18.0 Å². The lowest BCUT2D eigenvalue weighted by Crippen LogP contribution is -2.43. The summed E-state index contributed by atoms with van der Waals surface area (Å²) in [4.78, 5) is 27.1. The minimum Gasteiger partial charge on any atom is -0.481 e. The third-order valence-corrected chi connectivity index (χ3v) is 3.37. The van der Waals surface area contributed by atoms with Crippen LogP contribution in [0.25, 0.3) is 0 Å². The molecule has 0 aliphatic carbocycles. The van der Waals surface area contributed by atoms with Gasteiger partial charge in [-0.25, -0.2) is 0 Å². The van der Waals surface area contributed by atoms with Gasteiger partial charge in [0, 0.05) is 20.1 Å². The van der Waals surface area contributed by atoms with E-state index < -0.39 is 16.8 Å². The Morgan fingerprint density at radius 1 is 1.58 bits per heavy atom. The lowest BCUT2D eigenvalue weighted by atomic mass is 9.90. The second kappa shape index (κ2) is 4.87. The van der Waals surface area contributed by atoms with E-state index in [0.717, 1.165) is 0 Å². The Morgan fingerprint density at radius 3 is 2.84 bits per heavy atom. The number of hydrogen-bond acceptors (Lipinski definition) is 5. The Hall–Kier alpha value is -2.12. The number of carboxylic acids is 1. The smallest absolute Gasteiger partial charge is 0.406 e. The van der Waals surface area contributed by atoms with E-state index >= 15 is 0 Å². The van der Waals surface area contributed by atoms with Gasteiger partial charge in [0.25, 0.3) is 0 Å². The van der Waals surface area contributed by atoms with Crippen LogP contribution in [0.3, 0.4) is 0 Å². The summed E-state index contributed by atoms with van der Waals surface area (Å²) in [6.45, 7) is 2.83. The van der Waals surface area contributed by atoms with Crippen molar-refractivity contribution in [3.05, 3.63) is 16.4 Å². The molecule has 0 amide bonds. The second-order valence-corrected chi connectivity index (χ2v) is 5.04. The van der Waals surface area contributed by atoms with Crippen molar-refractivity contribution < 1.29 is 14.8 Å². The number of imidazole rings is 1. The molecule has 1 aliphatic heterocycles. The molecule has 1 aromatic rings. The van der Waals surface area contributed by atoms with Crippen molar-refractivity contribution in [1.82, 2.24) is 9.55 Å². The largest absolute Gasteiger partial charge is 0.481 e. The van der Waals surface area contributed by atoms with Gasteiger partial charge in [0.05, 0.1) is 5.92 Å². The first-order chi connectivity index (χ1) is 8.90. The Morgan fingerprint density at radius 2 is 2.26 bits per heavy atom. The lowest BCUT2D eigenvalue weighted by molar-refractivity contribution is -0.388. The number of hydrogen-bond donors (Lipinski definition) is 1. The summed E-state index contributed by atoms with van der Waals surface area (Å²) in [5.41, 5.74) is 0. The number of rotatable bonds is 3. The van der Waals surface area contributed by atoms with Crippen molar-refractivity contribution in [2.45, 2.75) is 13.3 Å².